The predicted octanol–water partition coefficient (Wildman–Crippen LogP) is 4.24. The number of benzene rings is 1. The SMILES string of the molecule is CC(C)(C)OC(=O)CCC(C(N)=O)N1Cc2cc(C[C@H]3CCCC[C@@H]3NC(=O)OC(C)(C)C)ccc2C1=O. The highest BCUT2D eigenvalue weighted by atomic mass is 16.6. The molecule has 1 aromatic rings. The molecule has 3 atom stereocenters. The van der Waals surface area contributed by atoms with Crippen LogP contribution in [0.4, 0.5) is 4.79 Å². The molecule has 1 saturated carbocycles. The fourth-order valence-corrected chi connectivity index (χ4v) is 5.28. The van der Waals surface area contributed by atoms with Crippen molar-refractivity contribution in [2.75, 3.05) is 0 Å². The largest absolute Gasteiger partial charge is 0.460 e. The normalized spacial score (nSPS) is 20.5. The van der Waals surface area contributed by atoms with E-state index >= 15 is 0 Å². The van der Waals surface area contributed by atoms with Gasteiger partial charge in [0.25, 0.3) is 5.91 Å². The molecular weight excluding hydrogens is 486 g/mol. The quantitative estimate of drug-likeness (QED) is 0.485. The van der Waals surface area contributed by atoms with E-state index in [9.17, 15) is 19.2 Å². The molecule has 210 valence electrons. The molecular formula is C29H43N3O6. The van der Waals surface area contributed by atoms with Crippen molar-refractivity contribution >= 4 is 23.9 Å². The summed E-state index contributed by atoms with van der Waals surface area (Å²) in [4.78, 5) is 51.4. The van der Waals surface area contributed by atoms with Gasteiger partial charge in [-0.3, -0.25) is 14.4 Å². The second kappa shape index (κ2) is 11.7. The summed E-state index contributed by atoms with van der Waals surface area (Å²) in [5.41, 5.74) is 6.92. The smallest absolute Gasteiger partial charge is 0.407 e. The fraction of sp³-hybridized carbons (Fsp3) is 0.655. The summed E-state index contributed by atoms with van der Waals surface area (Å²) in [6.45, 7) is 11.1. The number of alkyl carbamates (subject to hydrolysis) is 1. The van der Waals surface area contributed by atoms with Crippen LogP contribution in [0.5, 0.6) is 0 Å². The molecule has 2 aliphatic rings. The maximum atomic E-state index is 13.1. The number of fused-ring (bicyclic) bond motifs is 1. The average molecular weight is 530 g/mol. The van der Waals surface area contributed by atoms with Crippen molar-refractivity contribution in [2.24, 2.45) is 11.7 Å². The maximum Gasteiger partial charge on any atom is 0.407 e. The van der Waals surface area contributed by atoms with Gasteiger partial charge in [0.15, 0.2) is 0 Å². The van der Waals surface area contributed by atoms with Gasteiger partial charge >= 0.3 is 12.1 Å². The third-order valence-corrected chi connectivity index (χ3v) is 6.86. The zero-order valence-corrected chi connectivity index (χ0v) is 23.6. The van der Waals surface area contributed by atoms with Crippen LogP contribution in [0.3, 0.4) is 0 Å². The van der Waals surface area contributed by atoms with Gasteiger partial charge in [0.2, 0.25) is 5.91 Å². The van der Waals surface area contributed by atoms with E-state index in [0.29, 0.717) is 5.56 Å². The van der Waals surface area contributed by atoms with Gasteiger partial charge in [-0.05, 0) is 90.3 Å². The van der Waals surface area contributed by atoms with Crippen molar-refractivity contribution in [1.82, 2.24) is 10.2 Å². The van der Waals surface area contributed by atoms with Crippen LogP contribution in [0.15, 0.2) is 18.2 Å². The summed E-state index contributed by atoms with van der Waals surface area (Å²) in [5.74, 6) is -1.08. The van der Waals surface area contributed by atoms with Gasteiger partial charge in [-0.15, -0.1) is 0 Å². The number of nitrogens with one attached hydrogen (secondary N) is 1. The summed E-state index contributed by atoms with van der Waals surface area (Å²) >= 11 is 0. The van der Waals surface area contributed by atoms with Crippen LogP contribution < -0.4 is 11.1 Å². The molecule has 0 bridgehead atoms. The Morgan fingerprint density at radius 3 is 2.34 bits per heavy atom. The van der Waals surface area contributed by atoms with Crippen LogP contribution >= 0.6 is 0 Å². The Kier molecular flexibility index (Phi) is 9.10. The zero-order chi connectivity index (χ0) is 28.3. The molecule has 1 aliphatic heterocycles. The first-order valence-corrected chi connectivity index (χ1v) is 13.6. The number of primary amides is 1. The molecule has 3 amide bonds. The fourth-order valence-electron chi connectivity index (χ4n) is 5.28. The Balaban J connectivity index is 1.67. The second-order valence-electron chi connectivity index (χ2n) is 12.5. The second-order valence-corrected chi connectivity index (χ2v) is 12.5. The first-order valence-electron chi connectivity index (χ1n) is 13.6. The number of carbonyl (C=O) groups is 4. The van der Waals surface area contributed by atoms with E-state index < -0.39 is 35.2 Å². The summed E-state index contributed by atoms with van der Waals surface area (Å²) in [6.07, 6.45) is 4.53. The minimum Gasteiger partial charge on any atom is -0.460 e. The number of nitrogens with two attached hydrogens (primary N) is 1. The number of hydrogen-bond acceptors (Lipinski definition) is 6. The van der Waals surface area contributed by atoms with E-state index in [1.54, 1.807) is 26.8 Å². The number of amides is 3. The summed E-state index contributed by atoms with van der Waals surface area (Å²) in [7, 11) is 0. The molecule has 1 fully saturated rings. The Morgan fingerprint density at radius 2 is 1.71 bits per heavy atom. The Bertz CT molecular complexity index is 1060. The van der Waals surface area contributed by atoms with Gasteiger partial charge in [0.1, 0.15) is 17.2 Å². The number of rotatable bonds is 8. The predicted molar refractivity (Wildman–Crippen MR) is 143 cm³/mol. The van der Waals surface area contributed by atoms with E-state index in [-0.39, 0.29) is 37.3 Å². The summed E-state index contributed by atoms with van der Waals surface area (Å²) in [5, 5.41) is 3.06. The minimum absolute atomic E-state index is 0.00995. The molecule has 0 radical (unpaired) electrons. The third kappa shape index (κ3) is 8.20. The molecule has 1 aliphatic carbocycles. The highest BCUT2D eigenvalue weighted by Crippen LogP contribution is 2.31. The molecule has 1 unspecified atom stereocenters. The van der Waals surface area contributed by atoms with Gasteiger partial charge in [-0.25, -0.2) is 4.79 Å². The van der Waals surface area contributed by atoms with Gasteiger partial charge in [-0.2, -0.15) is 0 Å². The third-order valence-electron chi connectivity index (χ3n) is 6.86. The Hall–Kier alpha value is -3.10. The lowest BCUT2D eigenvalue weighted by Gasteiger charge is -2.33. The Morgan fingerprint density at radius 1 is 1.05 bits per heavy atom. The van der Waals surface area contributed by atoms with Crippen molar-refractivity contribution in [3.05, 3.63) is 34.9 Å². The van der Waals surface area contributed by atoms with Crippen molar-refractivity contribution in [1.29, 1.82) is 0 Å². The van der Waals surface area contributed by atoms with E-state index in [1.807, 2.05) is 32.9 Å². The van der Waals surface area contributed by atoms with Gasteiger partial charge in [0.05, 0.1) is 0 Å². The van der Waals surface area contributed by atoms with Gasteiger partial charge < -0.3 is 25.4 Å². The van der Waals surface area contributed by atoms with Crippen molar-refractivity contribution in [3.63, 3.8) is 0 Å². The van der Waals surface area contributed by atoms with Crippen LogP contribution in [0.1, 0.15) is 102 Å². The molecule has 0 saturated heterocycles. The number of esters is 1. The molecule has 9 heteroatoms. The van der Waals surface area contributed by atoms with E-state index in [1.165, 1.54) is 4.90 Å². The summed E-state index contributed by atoms with van der Waals surface area (Å²) < 4.78 is 10.8. The lowest BCUT2D eigenvalue weighted by Crippen LogP contribution is -2.45. The van der Waals surface area contributed by atoms with Crippen molar-refractivity contribution < 1.29 is 28.7 Å². The van der Waals surface area contributed by atoms with E-state index in [2.05, 4.69) is 5.32 Å². The van der Waals surface area contributed by atoms with Crippen molar-refractivity contribution in [2.45, 2.75) is 116 Å². The lowest BCUT2D eigenvalue weighted by atomic mass is 9.80. The van der Waals surface area contributed by atoms with Crippen molar-refractivity contribution in [3.8, 4) is 0 Å². The lowest BCUT2D eigenvalue weighted by molar-refractivity contribution is -0.155. The standard InChI is InChI=1S/C29H43N3O6/c1-28(2,3)37-24(33)14-13-23(25(30)34)32-17-20-16-18(11-12-21(20)26(32)35)15-19-9-7-8-10-22(19)31-27(36)38-29(4,5)6/h11-12,16,19,22-23H,7-10,13-15,17H2,1-6H3,(H2,30,34)(H,31,36)/t19-,22+,23?/m1/s1. The van der Waals surface area contributed by atoms with Crippen LogP contribution in [-0.4, -0.2) is 52.1 Å². The number of nitrogens with zero attached hydrogens (tertiary/aromatic N) is 1. The topological polar surface area (TPSA) is 128 Å². The van der Waals surface area contributed by atoms with Crippen LogP contribution in [0.25, 0.3) is 0 Å². The number of carbonyl (C=O) groups excluding carboxylic acids is 4. The molecule has 38 heavy (non-hydrogen) atoms. The zero-order valence-electron chi connectivity index (χ0n) is 23.6. The monoisotopic (exact) mass is 529 g/mol. The highest BCUT2D eigenvalue weighted by molar-refractivity contribution is 6.01. The van der Waals surface area contributed by atoms with Crippen LogP contribution in [-0.2, 0) is 32.0 Å². The van der Waals surface area contributed by atoms with E-state index in [0.717, 1.165) is 43.2 Å². The van der Waals surface area contributed by atoms with Gasteiger partial charge in [0, 0.05) is 24.6 Å². The molecule has 3 N–H and O–H groups in total. The van der Waals surface area contributed by atoms with E-state index in [4.69, 9.17) is 15.2 Å². The summed E-state index contributed by atoms with van der Waals surface area (Å²) in [6, 6.07) is 4.89. The average Bonchev–Trinajstić information content (AvgIpc) is 3.08. The number of hydrogen-bond donors (Lipinski definition) is 2. The molecule has 3 rings (SSSR count). The van der Waals surface area contributed by atoms with Crippen LogP contribution in [0, 0.1) is 5.92 Å². The van der Waals surface area contributed by atoms with Gasteiger partial charge in [-0.1, -0.05) is 25.0 Å². The maximum absolute atomic E-state index is 13.1. The molecule has 1 aromatic carbocycles. The number of ether oxygens (including phenoxy) is 2. The minimum atomic E-state index is -0.897. The first kappa shape index (κ1) is 29.5. The van der Waals surface area contributed by atoms with Crippen LogP contribution in [0.2, 0.25) is 0 Å². The molecule has 0 spiro atoms. The molecule has 0 aromatic heterocycles. The highest BCUT2D eigenvalue weighted by Gasteiger charge is 2.36. The molecule has 1 heterocycles. The Labute approximate surface area is 225 Å². The molecule has 9 nitrogen and oxygen atoms in total. The first-order chi connectivity index (χ1) is 17.6.